The van der Waals surface area contributed by atoms with Crippen molar-refractivity contribution in [2.45, 2.75) is 0 Å². The lowest BCUT2D eigenvalue weighted by Crippen LogP contribution is -2.20. The van der Waals surface area contributed by atoms with E-state index in [0.29, 0.717) is 11.6 Å². The fraction of sp³-hybridized carbons (Fsp3) is 0.0625. The van der Waals surface area contributed by atoms with Crippen molar-refractivity contribution in [1.82, 2.24) is 9.97 Å². The highest BCUT2D eigenvalue weighted by atomic mass is 19.1. The first-order chi connectivity index (χ1) is 10.7. The van der Waals surface area contributed by atoms with E-state index < -0.39 is 0 Å². The Labute approximate surface area is 125 Å². The van der Waals surface area contributed by atoms with E-state index in [2.05, 4.69) is 15.3 Å². The third kappa shape index (κ3) is 3.17. The molecule has 0 radical (unpaired) electrons. The Bertz CT molecular complexity index is 801. The van der Waals surface area contributed by atoms with Crippen LogP contribution in [0.1, 0.15) is 0 Å². The minimum Gasteiger partial charge on any atom is -0.467 e. The topological polar surface area (TPSA) is 64.1 Å². The SMILES string of the molecule is O=C(COc1ncnc2ccccc12)Nc1ccc(F)cc1. The number of hydrogen-bond acceptors (Lipinski definition) is 4. The molecule has 5 nitrogen and oxygen atoms in total. The molecule has 0 atom stereocenters. The largest absolute Gasteiger partial charge is 0.467 e. The van der Waals surface area contributed by atoms with Gasteiger partial charge in [-0.15, -0.1) is 0 Å². The molecule has 2 aromatic carbocycles. The fourth-order valence-electron chi connectivity index (χ4n) is 1.96. The van der Waals surface area contributed by atoms with E-state index in [0.717, 1.165) is 10.9 Å². The average Bonchev–Trinajstić information content (AvgIpc) is 2.55. The number of benzene rings is 2. The van der Waals surface area contributed by atoms with Gasteiger partial charge in [-0.3, -0.25) is 4.79 Å². The van der Waals surface area contributed by atoms with Crippen molar-refractivity contribution >= 4 is 22.5 Å². The lowest BCUT2D eigenvalue weighted by molar-refractivity contribution is -0.118. The monoisotopic (exact) mass is 297 g/mol. The number of para-hydroxylation sites is 1. The van der Waals surface area contributed by atoms with Crippen molar-refractivity contribution in [2.75, 3.05) is 11.9 Å². The van der Waals surface area contributed by atoms with Crippen LogP contribution < -0.4 is 10.1 Å². The highest BCUT2D eigenvalue weighted by Crippen LogP contribution is 2.20. The number of fused-ring (bicyclic) bond motifs is 1. The molecule has 1 amide bonds. The number of amides is 1. The van der Waals surface area contributed by atoms with Gasteiger partial charge < -0.3 is 10.1 Å². The molecule has 1 heterocycles. The minimum atomic E-state index is -0.360. The summed E-state index contributed by atoms with van der Waals surface area (Å²) in [5, 5.41) is 3.35. The lowest BCUT2D eigenvalue weighted by atomic mass is 10.2. The molecule has 6 heteroatoms. The van der Waals surface area contributed by atoms with Crippen LogP contribution in [0.4, 0.5) is 10.1 Å². The number of nitrogens with one attached hydrogen (secondary N) is 1. The number of halogens is 1. The summed E-state index contributed by atoms with van der Waals surface area (Å²) in [6.07, 6.45) is 1.38. The molecule has 0 fully saturated rings. The summed E-state index contributed by atoms with van der Waals surface area (Å²) < 4.78 is 18.2. The Morgan fingerprint density at radius 2 is 1.86 bits per heavy atom. The lowest BCUT2D eigenvalue weighted by Gasteiger charge is -2.08. The summed E-state index contributed by atoms with van der Waals surface area (Å²) >= 11 is 0. The van der Waals surface area contributed by atoms with Gasteiger partial charge in [0.1, 0.15) is 12.1 Å². The van der Waals surface area contributed by atoms with Gasteiger partial charge in [0.05, 0.1) is 10.9 Å². The first-order valence-electron chi connectivity index (χ1n) is 6.60. The molecule has 0 aliphatic heterocycles. The molecule has 0 aliphatic carbocycles. The summed E-state index contributed by atoms with van der Waals surface area (Å²) in [6.45, 7) is -0.196. The van der Waals surface area contributed by atoms with Gasteiger partial charge in [0, 0.05) is 5.69 Å². The summed E-state index contributed by atoms with van der Waals surface area (Å²) in [6, 6.07) is 12.9. The molecule has 3 rings (SSSR count). The number of nitrogens with zero attached hydrogens (tertiary/aromatic N) is 2. The summed E-state index contributed by atoms with van der Waals surface area (Å²) in [5.74, 6) is -0.365. The van der Waals surface area contributed by atoms with Crippen LogP contribution in [0.25, 0.3) is 10.9 Å². The molecular formula is C16H12FN3O2. The molecule has 0 saturated heterocycles. The maximum absolute atomic E-state index is 12.8. The summed E-state index contributed by atoms with van der Waals surface area (Å²) in [4.78, 5) is 20.0. The molecular weight excluding hydrogens is 285 g/mol. The van der Waals surface area contributed by atoms with Crippen LogP contribution in [0, 0.1) is 5.82 Å². The van der Waals surface area contributed by atoms with E-state index in [1.807, 2.05) is 24.3 Å². The van der Waals surface area contributed by atoms with Gasteiger partial charge in [-0.2, -0.15) is 0 Å². The quantitative estimate of drug-likeness (QED) is 0.804. The Kier molecular flexibility index (Phi) is 3.91. The predicted octanol–water partition coefficient (Wildman–Crippen LogP) is 2.79. The van der Waals surface area contributed by atoms with Crippen LogP contribution >= 0.6 is 0 Å². The van der Waals surface area contributed by atoms with Gasteiger partial charge in [-0.25, -0.2) is 14.4 Å². The van der Waals surface area contributed by atoms with Crippen LogP contribution in [0.2, 0.25) is 0 Å². The first-order valence-corrected chi connectivity index (χ1v) is 6.60. The van der Waals surface area contributed by atoms with Crippen molar-refractivity contribution in [2.24, 2.45) is 0 Å². The number of ether oxygens (including phenoxy) is 1. The van der Waals surface area contributed by atoms with Crippen molar-refractivity contribution < 1.29 is 13.9 Å². The minimum absolute atomic E-state index is 0.196. The standard InChI is InChI=1S/C16H12FN3O2/c17-11-5-7-12(8-6-11)20-15(21)9-22-16-13-3-1-2-4-14(13)18-10-19-16/h1-8,10H,9H2,(H,20,21). The zero-order valence-corrected chi connectivity index (χ0v) is 11.5. The van der Waals surface area contributed by atoms with Crippen molar-refractivity contribution in [3.8, 4) is 5.88 Å². The molecule has 110 valence electrons. The second-order valence-electron chi connectivity index (χ2n) is 4.54. The van der Waals surface area contributed by atoms with E-state index in [4.69, 9.17) is 4.74 Å². The Morgan fingerprint density at radius 1 is 1.09 bits per heavy atom. The van der Waals surface area contributed by atoms with Gasteiger partial charge in [-0.1, -0.05) is 12.1 Å². The second kappa shape index (κ2) is 6.17. The van der Waals surface area contributed by atoms with Crippen molar-refractivity contribution in [1.29, 1.82) is 0 Å². The van der Waals surface area contributed by atoms with Crippen LogP contribution in [0.3, 0.4) is 0 Å². The zero-order valence-electron chi connectivity index (χ0n) is 11.5. The van der Waals surface area contributed by atoms with Gasteiger partial charge in [-0.05, 0) is 36.4 Å². The molecule has 0 aliphatic rings. The van der Waals surface area contributed by atoms with Crippen LogP contribution in [-0.4, -0.2) is 22.5 Å². The maximum atomic E-state index is 12.8. The van der Waals surface area contributed by atoms with E-state index in [-0.39, 0.29) is 18.3 Å². The van der Waals surface area contributed by atoms with E-state index in [9.17, 15) is 9.18 Å². The number of anilines is 1. The third-order valence-corrected chi connectivity index (χ3v) is 2.97. The highest BCUT2D eigenvalue weighted by Gasteiger charge is 2.08. The summed E-state index contributed by atoms with van der Waals surface area (Å²) in [7, 11) is 0. The van der Waals surface area contributed by atoms with Gasteiger partial charge in [0.25, 0.3) is 5.91 Å². The Balaban J connectivity index is 1.66. The van der Waals surface area contributed by atoms with Crippen LogP contribution in [0.15, 0.2) is 54.9 Å². The number of carbonyl (C=O) groups is 1. The number of aromatic nitrogens is 2. The number of hydrogen-bond donors (Lipinski definition) is 1. The molecule has 1 aromatic heterocycles. The molecule has 1 N–H and O–H groups in total. The van der Waals surface area contributed by atoms with E-state index >= 15 is 0 Å². The molecule has 22 heavy (non-hydrogen) atoms. The highest BCUT2D eigenvalue weighted by molar-refractivity contribution is 5.92. The van der Waals surface area contributed by atoms with E-state index in [1.165, 1.54) is 30.6 Å². The zero-order chi connectivity index (χ0) is 15.4. The Hall–Kier alpha value is -3.02. The molecule has 0 spiro atoms. The normalized spacial score (nSPS) is 10.4. The van der Waals surface area contributed by atoms with Gasteiger partial charge in [0.15, 0.2) is 6.61 Å². The first kappa shape index (κ1) is 13.9. The van der Waals surface area contributed by atoms with Crippen LogP contribution in [0.5, 0.6) is 5.88 Å². The molecule has 0 bridgehead atoms. The Morgan fingerprint density at radius 3 is 2.68 bits per heavy atom. The maximum Gasteiger partial charge on any atom is 0.262 e. The van der Waals surface area contributed by atoms with E-state index in [1.54, 1.807) is 0 Å². The molecule has 3 aromatic rings. The van der Waals surface area contributed by atoms with Crippen molar-refractivity contribution in [3.05, 3.63) is 60.7 Å². The molecule has 0 saturated carbocycles. The third-order valence-electron chi connectivity index (χ3n) is 2.97. The molecule has 0 unspecified atom stereocenters. The fourth-order valence-corrected chi connectivity index (χ4v) is 1.96. The number of carbonyl (C=O) groups excluding carboxylic acids is 1. The summed E-state index contributed by atoms with van der Waals surface area (Å²) in [5.41, 5.74) is 1.24. The van der Waals surface area contributed by atoms with Crippen molar-refractivity contribution in [3.63, 3.8) is 0 Å². The second-order valence-corrected chi connectivity index (χ2v) is 4.54. The smallest absolute Gasteiger partial charge is 0.262 e. The van der Waals surface area contributed by atoms with Gasteiger partial charge >= 0.3 is 0 Å². The van der Waals surface area contributed by atoms with Gasteiger partial charge in [0.2, 0.25) is 5.88 Å². The van der Waals surface area contributed by atoms with Crippen LogP contribution in [-0.2, 0) is 4.79 Å². The average molecular weight is 297 g/mol. The predicted molar refractivity (Wildman–Crippen MR) is 80.1 cm³/mol. The number of rotatable bonds is 4.